The first kappa shape index (κ1) is 18.2. The molecule has 2 aromatic rings. The lowest BCUT2D eigenvalue weighted by Gasteiger charge is -2.19. The van der Waals surface area contributed by atoms with Crippen molar-refractivity contribution >= 4 is 39.4 Å². The summed E-state index contributed by atoms with van der Waals surface area (Å²) in [7, 11) is 0. The number of aromatic nitrogens is 1. The highest BCUT2D eigenvalue weighted by Gasteiger charge is 2.22. The maximum Gasteiger partial charge on any atom is 0.412 e. The molecule has 24 heavy (non-hydrogen) atoms. The monoisotopic (exact) mass is 350 g/mol. The van der Waals surface area contributed by atoms with Gasteiger partial charge in [-0.25, -0.2) is 9.59 Å². The molecular weight excluding hydrogens is 328 g/mol. The third-order valence-corrected chi connectivity index (χ3v) is 3.52. The molecule has 7 heteroatoms. The van der Waals surface area contributed by atoms with E-state index >= 15 is 0 Å². The largest absolute Gasteiger partial charge is 0.455 e. The van der Waals surface area contributed by atoms with Crippen molar-refractivity contribution in [2.24, 2.45) is 0 Å². The molecule has 1 aromatic carbocycles. The van der Waals surface area contributed by atoms with Gasteiger partial charge in [0.25, 0.3) is 0 Å². The van der Waals surface area contributed by atoms with Crippen LogP contribution in [0.15, 0.2) is 18.2 Å². The molecule has 1 heterocycles. The summed E-state index contributed by atoms with van der Waals surface area (Å²) in [5.74, 6) is -0.457. The van der Waals surface area contributed by atoms with E-state index in [4.69, 9.17) is 9.47 Å². The molecule has 1 aromatic heterocycles. The maximum absolute atomic E-state index is 12.2. The van der Waals surface area contributed by atoms with Crippen LogP contribution >= 0.6 is 11.5 Å². The van der Waals surface area contributed by atoms with Crippen LogP contribution in [0.1, 0.15) is 52.0 Å². The molecule has 6 nitrogen and oxygen atoms in total. The summed E-state index contributed by atoms with van der Waals surface area (Å²) in [5, 5.41) is 3.37. The van der Waals surface area contributed by atoms with Gasteiger partial charge in [-0.05, 0) is 71.3 Å². The highest BCUT2D eigenvalue weighted by Crippen LogP contribution is 2.27. The van der Waals surface area contributed by atoms with Gasteiger partial charge in [0, 0.05) is 11.1 Å². The molecule has 2 rings (SSSR count). The van der Waals surface area contributed by atoms with Crippen molar-refractivity contribution in [3.05, 3.63) is 23.9 Å². The molecular formula is C17H22N2O4S. The zero-order valence-electron chi connectivity index (χ0n) is 14.7. The molecule has 130 valence electrons. The number of esters is 1. The Morgan fingerprint density at radius 3 is 2.25 bits per heavy atom. The number of benzene rings is 1. The number of hydrogen-bond acceptors (Lipinski definition) is 6. The van der Waals surface area contributed by atoms with Crippen LogP contribution in [0.4, 0.5) is 10.5 Å². The molecule has 0 bridgehead atoms. The van der Waals surface area contributed by atoms with Gasteiger partial charge in [-0.3, -0.25) is 5.32 Å². The van der Waals surface area contributed by atoms with Crippen LogP contribution in [-0.2, 0) is 9.47 Å². The second-order valence-corrected chi connectivity index (χ2v) is 8.18. The van der Waals surface area contributed by atoms with E-state index in [1.807, 2.05) is 20.8 Å². The van der Waals surface area contributed by atoms with Crippen LogP contribution in [-0.4, -0.2) is 27.6 Å². The molecule has 0 radical (unpaired) electrons. The molecule has 0 aliphatic carbocycles. The summed E-state index contributed by atoms with van der Waals surface area (Å²) in [5.41, 5.74) is -0.279. The summed E-state index contributed by atoms with van der Waals surface area (Å²) < 4.78 is 15.5. The Kier molecular flexibility index (Phi) is 4.85. The average molecular weight is 350 g/mol. The minimum atomic E-state index is -0.578. The first-order chi connectivity index (χ1) is 10.9. The van der Waals surface area contributed by atoms with Gasteiger partial charge >= 0.3 is 12.1 Å². The van der Waals surface area contributed by atoms with Gasteiger partial charge in [0.05, 0.1) is 4.70 Å². The summed E-state index contributed by atoms with van der Waals surface area (Å²) in [6.45, 7) is 10.8. The van der Waals surface area contributed by atoms with Crippen LogP contribution in [0.2, 0.25) is 0 Å². The van der Waals surface area contributed by atoms with Crippen LogP contribution < -0.4 is 5.32 Å². The van der Waals surface area contributed by atoms with E-state index in [-0.39, 0.29) is 5.69 Å². The van der Waals surface area contributed by atoms with Gasteiger partial charge in [0.15, 0.2) is 5.69 Å². The molecule has 0 saturated heterocycles. The van der Waals surface area contributed by atoms with E-state index in [0.717, 1.165) is 4.70 Å². The Hall–Kier alpha value is -2.15. The van der Waals surface area contributed by atoms with E-state index in [1.165, 1.54) is 11.5 Å². The first-order valence-corrected chi connectivity index (χ1v) is 8.35. The number of nitrogens with zero attached hydrogens (tertiary/aromatic N) is 1. The van der Waals surface area contributed by atoms with Crippen molar-refractivity contribution < 1.29 is 19.1 Å². The third-order valence-electron chi connectivity index (χ3n) is 2.71. The Morgan fingerprint density at radius 1 is 1.04 bits per heavy atom. The van der Waals surface area contributed by atoms with Gasteiger partial charge in [0.1, 0.15) is 11.2 Å². The fourth-order valence-electron chi connectivity index (χ4n) is 1.91. The quantitative estimate of drug-likeness (QED) is 0.801. The van der Waals surface area contributed by atoms with Crippen molar-refractivity contribution in [1.29, 1.82) is 0 Å². The number of fused-ring (bicyclic) bond motifs is 1. The van der Waals surface area contributed by atoms with Crippen LogP contribution in [0, 0.1) is 0 Å². The predicted octanol–water partition coefficient (Wildman–Crippen LogP) is 4.60. The Balaban J connectivity index is 2.19. The van der Waals surface area contributed by atoms with E-state index in [0.29, 0.717) is 11.1 Å². The number of ether oxygens (including phenoxy) is 2. The van der Waals surface area contributed by atoms with E-state index < -0.39 is 23.3 Å². The number of anilines is 1. The average Bonchev–Trinajstić information content (AvgIpc) is 2.77. The molecule has 0 aliphatic rings. The van der Waals surface area contributed by atoms with Crippen molar-refractivity contribution in [3.63, 3.8) is 0 Å². The smallest absolute Gasteiger partial charge is 0.412 e. The van der Waals surface area contributed by atoms with Crippen LogP contribution in [0.5, 0.6) is 0 Å². The highest BCUT2D eigenvalue weighted by molar-refractivity contribution is 7.13. The molecule has 0 unspecified atom stereocenters. The van der Waals surface area contributed by atoms with E-state index in [2.05, 4.69) is 9.69 Å². The zero-order chi connectivity index (χ0) is 18.1. The maximum atomic E-state index is 12.2. The van der Waals surface area contributed by atoms with Gasteiger partial charge in [-0.15, -0.1) is 0 Å². The Morgan fingerprint density at radius 2 is 1.67 bits per heavy atom. The molecule has 1 N–H and O–H groups in total. The first-order valence-electron chi connectivity index (χ1n) is 7.57. The molecule has 0 atom stereocenters. The summed E-state index contributed by atoms with van der Waals surface area (Å²) in [6, 6.07) is 5.20. The standard InChI is InChI=1S/C17H22N2O4S/c1-16(2,3)22-14(20)13-11-8-7-10(9-12(11)24-19-13)18-15(21)23-17(4,5)6/h7-9H,1-6H3,(H,18,21). The molecule has 0 aliphatic heterocycles. The fourth-order valence-corrected chi connectivity index (χ4v) is 2.72. The number of carbonyl (C=O) groups is 2. The minimum absolute atomic E-state index is 0.286. The molecule has 0 spiro atoms. The lowest BCUT2D eigenvalue weighted by Crippen LogP contribution is -2.27. The van der Waals surface area contributed by atoms with Crippen LogP contribution in [0.3, 0.4) is 0 Å². The number of amides is 1. The van der Waals surface area contributed by atoms with Gasteiger partial charge in [-0.2, -0.15) is 4.37 Å². The molecule has 0 fully saturated rings. The Labute approximate surface area is 145 Å². The number of carbonyl (C=O) groups excluding carboxylic acids is 2. The van der Waals surface area contributed by atoms with Gasteiger partial charge < -0.3 is 9.47 Å². The van der Waals surface area contributed by atoms with Crippen molar-refractivity contribution in [3.8, 4) is 0 Å². The second-order valence-electron chi connectivity index (χ2n) is 7.37. The normalized spacial score (nSPS) is 12.1. The SMILES string of the molecule is CC(C)(C)OC(=O)Nc1ccc2c(C(=O)OC(C)(C)C)nsc2c1. The minimum Gasteiger partial charge on any atom is -0.455 e. The summed E-state index contributed by atoms with van der Waals surface area (Å²) in [6.07, 6.45) is -0.529. The lowest BCUT2D eigenvalue weighted by molar-refractivity contribution is 0.00663. The number of rotatable bonds is 2. The predicted molar refractivity (Wildman–Crippen MR) is 94.6 cm³/mol. The topological polar surface area (TPSA) is 77.5 Å². The number of hydrogen-bond donors (Lipinski definition) is 1. The van der Waals surface area contributed by atoms with Gasteiger partial charge in [-0.1, -0.05) is 0 Å². The fraction of sp³-hybridized carbons (Fsp3) is 0.471. The van der Waals surface area contributed by atoms with Crippen molar-refractivity contribution in [2.45, 2.75) is 52.7 Å². The third kappa shape index (κ3) is 4.92. The highest BCUT2D eigenvalue weighted by atomic mass is 32.1. The lowest BCUT2D eigenvalue weighted by atomic mass is 10.1. The van der Waals surface area contributed by atoms with Crippen molar-refractivity contribution in [2.75, 3.05) is 5.32 Å². The number of nitrogens with one attached hydrogen (secondary N) is 1. The van der Waals surface area contributed by atoms with Crippen molar-refractivity contribution in [1.82, 2.24) is 4.37 Å². The van der Waals surface area contributed by atoms with Crippen LogP contribution in [0.25, 0.3) is 10.1 Å². The summed E-state index contributed by atoms with van der Waals surface area (Å²) in [4.78, 5) is 24.0. The Bertz CT molecular complexity index is 769. The zero-order valence-corrected chi connectivity index (χ0v) is 15.5. The van der Waals surface area contributed by atoms with E-state index in [1.54, 1.807) is 39.0 Å². The van der Waals surface area contributed by atoms with E-state index in [9.17, 15) is 9.59 Å². The summed E-state index contributed by atoms with van der Waals surface area (Å²) >= 11 is 1.18. The molecule has 1 amide bonds. The second kappa shape index (κ2) is 6.39. The van der Waals surface area contributed by atoms with Gasteiger partial charge in [0.2, 0.25) is 0 Å². The molecule has 0 saturated carbocycles.